The average molecular weight is 356 g/mol. The first-order chi connectivity index (χ1) is 12.4. The summed E-state index contributed by atoms with van der Waals surface area (Å²) >= 11 is 0. The van der Waals surface area contributed by atoms with E-state index in [2.05, 4.69) is 10.3 Å². The van der Waals surface area contributed by atoms with E-state index in [1.54, 1.807) is 0 Å². The van der Waals surface area contributed by atoms with Crippen LogP contribution < -0.4 is 5.32 Å². The number of amides is 1. The number of carbonyl (C=O) groups is 4. The minimum Gasteiger partial charge on any atom is -0.451 e. The molecule has 0 unspecified atom stereocenters. The molecule has 7 heteroatoms. The van der Waals surface area contributed by atoms with Crippen molar-refractivity contribution in [2.45, 2.75) is 26.3 Å². The molecule has 0 radical (unpaired) electrons. The third kappa shape index (κ3) is 5.41. The lowest BCUT2D eigenvalue weighted by Crippen LogP contribution is -2.43. The van der Waals surface area contributed by atoms with Gasteiger partial charge in [-0.25, -0.2) is 4.79 Å². The smallest absolute Gasteiger partial charge is 0.355 e. The molecule has 1 heterocycles. The van der Waals surface area contributed by atoms with Crippen molar-refractivity contribution in [2.24, 2.45) is 0 Å². The highest BCUT2D eigenvalue weighted by atomic mass is 16.5. The Balaban J connectivity index is 1.88. The van der Waals surface area contributed by atoms with E-state index < -0.39 is 24.5 Å². The zero-order valence-electron chi connectivity index (χ0n) is 14.6. The third-order valence-electron chi connectivity index (χ3n) is 3.75. The molecule has 0 aliphatic heterocycles. The number of aromatic nitrogens is 1. The molecule has 26 heavy (non-hydrogen) atoms. The van der Waals surface area contributed by atoms with Crippen LogP contribution in [0.1, 0.15) is 40.3 Å². The van der Waals surface area contributed by atoms with Gasteiger partial charge in [0.1, 0.15) is 5.69 Å². The number of ether oxygens (including phenoxy) is 1. The van der Waals surface area contributed by atoms with Crippen molar-refractivity contribution in [1.29, 1.82) is 0 Å². The monoisotopic (exact) mass is 356 g/mol. The summed E-state index contributed by atoms with van der Waals surface area (Å²) in [5.41, 5.74) is 1.34. The Bertz CT molecular complexity index is 810. The Labute approximate surface area is 150 Å². The lowest BCUT2D eigenvalue weighted by Gasteiger charge is -2.16. The number of ketones is 2. The summed E-state index contributed by atoms with van der Waals surface area (Å²) in [6.45, 7) is 2.24. The van der Waals surface area contributed by atoms with Crippen LogP contribution in [-0.2, 0) is 20.7 Å². The van der Waals surface area contributed by atoms with Gasteiger partial charge in [0, 0.05) is 11.8 Å². The fourth-order valence-corrected chi connectivity index (χ4v) is 2.31. The molecular formula is C19H20N2O5. The van der Waals surface area contributed by atoms with Crippen LogP contribution in [0.4, 0.5) is 0 Å². The van der Waals surface area contributed by atoms with Crippen molar-refractivity contribution in [3.8, 4) is 0 Å². The second-order valence-electron chi connectivity index (χ2n) is 5.85. The van der Waals surface area contributed by atoms with E-state index in [0.717, 1.165) is 5.56 Å². The second-order valence-corrected chi connectivity index (χ2v) is 5.85. The van der Waals surface area contributed by atoms with E-state index in [4.69, 9.17) is 4.74 Å². The van der Waals surface area contributed by atoms with Crippen molar-refractivity contribution in [3.63, 3.8) is 0 Å². The summed E-state index contributed by atoms with van der Waals surface area (Å²) in [6.07, 6.45) is 1.75. The molecule has 7 nitrogen and oxygen atoms in total. The van der Waals surface area contributed by atoms with Gasteiger partial charge in [-0.1, -0.05) is 30.3 Å². The van der Waals surface area contributed by atoms with Gasteiger partial charge in [-0.2, -0.15) is 0 Å². The molecule has 2 N–H and O–H groups in total. The molecule has 1 amide bonds. The van der Waals surface area contributed by atoms with Gasteiger partial charge in [0.15, 0.2) is 18.2 Å². The SMILES string of the molecule is CC(=O)c1c[nH]c(C(=O)OCC(=O)N[C@@H](Cc2ccccc2)C(C)=O)c1. The molecule has 1 atom stereocenters. The van der Waals surface area contributed by atoms with Crippen LogP contribution in [0.5, 0.6) is 0 Å². The number of benzene rings is 1. The Morgan fingerprint density at radius 1 is 1.12 bits per heavy atom. The van der Waals surface area contributed by atoms with E-state index in [1.165, 1.54) is 26.1 Å². The fourth-order valence-electron chi connectivity index (χ4n) is 2.31. The van der Waals surface area contributed by atoms with E-state index >= 15 is 0 Å². The number of nitrogens with one attached hydrogen (secondary N) is 2. The summed E-state index contributed by atoms with van der Waals surface area (Å²) in [6, 6.07) is 9.95. The molecular weight excluding hydrogens is 336 g/mol. The molecule has 1 aromatic carbocycles. The fraction of sp³-hybridized carbons (Fsp3) is 0.263. The van der Waals surface area contributed by atoms with E-state index in [1.807, 2.05) is 30.3 Å². The Morgan fingerprint density at radius 3 is 2.38 bits per heavy atom. The maximum atomic E-state index is 12.0. The Kier molecular flexibility index (Phi) is 6.43. The van der Waals surface area contributed by atoms with Crippen molar-refractivity contribution < 1.29 is 23.9 Å². The first kappa shape index (κ1) is 19.1. The number of aromatic amines is 1. The van der Waals surface area contributed by atoms with Gasteiger partial charge >= 0.3 is 5.97 Å². The minimum absolute atomic E-state index is 0.0791. The normalized spacial score (nSPS) is 11.5. The van der Waals surface area contributed by atoms with Crippen molar-refractivity contribution >= 4 is 23.4 Å². The zero-order valence-corrected chi connectivity index (χ0v) is 14.6. The van der Waals surface area contributed by atoms with Gasteiger partial charge in [0.25, 0.3) is 5.91 Å². The van der Waals surface area contributed by atoms with E-state index in [9.17, 15) is 19.2 Å². The summed E-state index contributed by atoms with van der Waals surface area (Å²) < 4.78 is 4.91. The summed E-state index contributed by atoms with van der Waals surface area (Å²) in [7, 11) is 0. The molecule has 0 aliphatic carbocycles. The quantitative estimate of drug-likeness (QED) is 0.553. The number of rotatable bonds is 8. The first-order valence-corrected chi connectivity index (χ1v) is 8.07. The van der Waals surface area contributed by atoms with Gasteiger partial charge in [-0.3, -0.25) is 14.4 Å². The predicted molar refractivity (Wildman–Crippen MR) is 93.8 cm³/mol. The van der Waals surface area contributed by atoms with Gasteiger partial charge in [0.2, 0.25) is 0 Å². The molecule has 0 fully saturated rings. The molecule has 1 aromatic heterocycles. The molecule has 0 saturated heterocycles. The minimum atomic E-state index is -0.755. The van der Waals surface area contributed by atoms with Crippen LogP contribution in [0.25, 0.3) is 0 Å². The largest absolute Gasteiger partial charge is 0.451 e. The Morgan fingerprint density at radius 2 is 1.81 bits per heavy atom. The number of Topliss-reactive ketones (excluding diaryl/α,β-unsaturated/α-hetero) is 2. The van der Waals surface area contributed by atoms with Crippen LogP contribution in [-0.4, -0.2) is 41.1 Å². The molecule has 2 aromatic rings. The number of H-pyrrole nitrogens is 1. The van der Waals surface area contributed by atoms with Crippen molar-refractivity contribution in [1.82, 2.24) is 10.3 Å². The van der Waals surface area contributed by atoms with Crippen LogP contribution in [0.3, 0.4) is 0 Å². The maximum absolute atomic E-state index is 12.0. The van der Waals surface area contributed by atoms with Gasteiger partial charge < -0.3 is 15.0 Å². The summed E-state index contributed by atoms with van der Waals surface area (Å²) in [5, 5.41) is 2.57. The van der Waals surface area contributed by atoms with E-state index in [-0.39, 0.29) is 17.3 Å². The highest BCUT2D eigenvalue weighted by Gasteiger charge is 2.19. The van der Waals surface area contributed by atoms with Crippen LogP contribution in [0.15, 0.2) is 42.6 Å². The first-order valence-electron chi connectivity index (χ1n) is 8.07. The third-order valence-corrected chi connectivity index (χ3v) is 3.75. The van der Waals surface area contributed by atoms with E-state index in [0.29, 0.717) is 12.0 Å². The number of hydrogen-bond acceptors (Lipinski definition) is 5. The molecule has 0 aliphatic rings. The number of esters is 1. The summed E-state index contributed by atoms with van der Waals surface area (Å²) in [5.74, 6) is -1.71. The summed E-state index contributed by atoms with van der Waals surface area (Å²) in [4.78, 5) is 49.5. The number of carbonyl (C=O) groups excluding carboxylic acids is 4. The standard InChI is InChI=1S/C19H20N2O5/c1-12(22)15-9-17(20-10-15)19(25)26-11-18(24)21-16(13(2)23)8-14-6-4-3-5-7-14/h3-7,9-10,16,20H,8,11H2,1-2H3,(H,21,24)/t16-/m0/s1. The highest BCUT2D eigenvalue weighted by Crippen LogP contribution is 2.06. The second kappa shape index (κ2) is 8.75. The van der Waals surface area contributed by atoms with Gasteiger partial charge in [0.05, 0.1) is 6.04 Å². The van der Waals surface area contributed by atoms with Crippen LogP contribution >= 0.6 is 0 Å². The highest BCUT2D eigenvalue weighted by molar-refractivity contribution is 5.98. The van der Waals surface area contributed by atoms with Gasteiger partial charge in [-0.05, 0) is 31.9 Å². The number of hydrogen-bond donors (Lipinski definition) is 2. The molecule has 0 saturated carbocycles. The molecule has 0 bridgehead atoms. The molecule has 136 valence electrons. The maximum Gasteiger partial charge on any atom is 0.355 e. The predicted octanol–water partition coefficient (Wildman–Crippen LogP) is 1.69. The van der Waals surface area contributed by atoms with Gasteiger partial charge in [-0.15, -0.1) is 0 Å². The van der Waals surface area contributed by atoms with Crippen LogP contribution in [0, 0.1) is 0 Å². The van der Waals surface area contributed by atoms with Crippen molar-refractivity contribution in [3.05, 3.63) is 59.4 Å². The molecule has 2 rings (SSSR count). The zero-order chi connectivity index (χ0) is 19.1. The van der Waals surface area contributed by atoms with Crippen molar-refractivity contribution in [2.75, 3.05) is 6.61 Å². The Hall–Kier alpha value is -3.22. The van der Waals surface area contributed by atoms with Crippen LogP contribution in [0.2, 0.25) is 0 Å². The molecule has 0 spiro atoms. The topological polar surface area (TPSA) is 105 Å². The average Bonchev–Trinajstić information content (AvgIpc) is 3.10. The lowest BCUT2D eigenvalue weighted by molar-refractivity contribution is -0.128. The lowest BCUT2D eigenvalue weighted by atomic mass is 10.0.